The van der Waals surface area contributed by atoms with Crippen molar-refractivity contribution in [2.45, 2.75) is 19.3 Å². The highest BCUT2D eigenvalue weighted by atomic mass is 16.5. The van der Waals surface area contributed by atoms with Crippen LogP contribution >= 0.6 is 0 Å². The summed E-state index contributed by atoms with van der Waals surface area (Å²) in [5.74, 6) is 1.51. The van der Waals surface area contributed by atoms with Crippen LogP contribution in [0.5, 0.6) is 0 Å². The Morgan fingerprint density at radius 1 is 1.14 bits per heavy atom. The number of benzene rings is 1. The molecular formula is C22H37N5O2. The third-order valence-corrected chi connectivity index (χ3v) is 5.00. The largest absolute Gasteiger partial charge is 0.379 e. The SMILES string of the molecule is CN(C)C(=O)CN=C(NCCCN(C)c1ccccc1)N(C)CCOCC1CC1. The van der Waals surface area contributed by atoms with E-state index in [-0.39, 0.29) is 12.5 Å². The Hall–Kier alpha value is -2.28. The van der Waals surface area contributed by atoms with Gasteiger partial charge in [-0.3, -0.25) is 4.79 Å². The van der Waals surface area contributed by atoms with Gasteiger partial charge in [0.1, 0.15) is 6.54 Å². The van der Waals surface area contributed by atoms with Crippen LogP contribution in [0.1, 0.15) is 19.3 Å². The number of para-hydroxylation sites is 1. The first-order chi connectivity index (χ1) is 14.0. The van der Waals surface area contributed by atoms with Crippen molar-refractivity contribution in [1.82, 2.24) is 15.1 Å². The molecule has 7 heteroatoms. The van der Waals surface area contributed by atoms with Gasteiger partial charge in [-0.15, -0.1) is 0 Å². The van der Waals surface area contributed by atoms with Gasteiger partial charge in [-0.1, -0.05) is 18.2 Å². The van der Waals surface area contributed by atoms with Gasteiger partial charge in [-0.2, -0.15) is 0 Å². The number of ether oxygens (including phenoxy) is 1. The van der Waals surface area contributed by atoms with E-state index in [1.165, 1.54) is 18.5 Å². The van der Waals surface area contributed by atoms with Gasteiger partial charge in [-0.05, 0) is 37.3 Å². The number of hydrogen-bond donors (Lipinski definition) is 1. The van der Waals surface area contributed by atoms with E-state index in [9.17, 15) is 4.79 Å². The summed E-state index contributed by atoms with van der Waals surface area (Å²) < 4.78 is 5.74. The van der Waals surface area contributed by atoms with Crippen LogP contribution in [0.15, 0.2) is 35.3 Å². The van der Waals surface area contributed by atoms with Gasteiger partial charge in [0.15, 0.2) is 5.96 Å². The Morgan fingerprint density at radius 2 is 1.86 bits per heavy atom. The lowest BCUT2D eigenvalue weighted by Gasteiger charge is -2.24. The standard InChI is InChI=1S/C22H37N5O2/c1-25(2)21(28)17-24-22(27(4)15-16-29-18-19-11-12-19)23-13-8-14-26(3)20-9-6-5-7-10-20/h5-7,9-10,19H,8,11-18H2,1-4H3,(H,23,24). The first-order valence-corrected chi connectivity index (χ1v) is 10.5. The first kappa shape index (κ1) is 23.0. The third-order valence-electron chi connectivity index (χ3n) is 5.00. The van der Waals surface area contributed by atoms with Crippen LogP contribution in [0.3, 0.4) is 0 Å². The molecule has 0 aromatic heterocycles. The molecule has 1 aromatic rings. The van der Waals surface area contributed by atoms with Crippen molar-refractivity contribution in [3.63, 3.8) is 0 Å². The Morgan fingerprint density at radius 3 is 2.52 bits per heavy atom. The van der Waals surface area contributed by atoms with Crippen molar-refractivity contribution >= 4 is 17.6 Å². The molecule has 1 amide bonds. The van der Waals surface area contributed by atoms with E-state index in [1.807, 2.05) is 18.0 Å². The maximum Gasteiger partial charge on any atom is 0.243 e. The van der Waals surface area contributed by atoms with E-state index in [2.05, 4.69) is 46.5 Å². The van der Waals surface area contributed by atoms with E-state index in [0.29, 0.717) is 6.61 Å². The molecule has 0 aliphatic heterocycles. The zero-order valence-electron chi connectivity index (χ0n) is 18.4. The molecule has 1 aliphatic carbocycles. The molecule has 1 aliphatic rings. The van der Waals surface area contributed by atoms with Crippen molar-refractivity contribution in [3.8, 4) is 0 Å². The molecule has 162 valence electrons. The van der Waals surface area contributed by atoms with E-state index in [4.69, 9.17) is 4.74 Å². The zero-order valence-corrected chi connectivity index (χ0v) is 18.4. The van der Waals surface area contributed by atoms with Gasteiger partial charge in [0.25, 0.3) is 0 Å². The molecule has 0 saturated heterocycles. The summed E-state index contributed by atoms with van der Waals surface area (Å²) >= 11 is 0. The van der Waals surface area contributed by atoms with Crippen molar-refractivity contribution in [1.29, 1.82) is 0 Å². The van der Waals surface area contributed by atoms with Crippen LogP contribution in [0.2, 0.25) is 0 Å². The maximum atomic E-state index is 11.9. The second-order valence-corrected chi connectivity index (χ2v) is 7.91. The number of hydrogen-bond acceptors (Lipinski definition) is 4. The summed E-state index contributed by atoms with van der Waals surface area (Å²) in [6.07, 6.45) is 3.57. The normalized spacial score (nSPS) is 13.9. The Bertz CT molecular complexity index is 631. The van der Waals surface area contributed by atoms with Gasteiger partial charge in [0.05, 0.1) is 6.61 Å². The lowest BCUT2D eigenvalue weighted by atomic mass is 10.3. The lowest BCUT2D eigenvalue weighted by molar-refractivity contribution is -0.127. The molecule has 1 fully saturated rings. The number of nitrogens with one attached hydrogen (secondary N) is 1. The van der Waals surface area contributed by atoms with E-state index < -0.39 is 0 Å². The second-order valence-electron chi connectivity index (χ2n) is 7.91. The number of nitrogens with zero attached hydrogens (tertiary/aromatic N) is 4. The second kappa shape index (κ2) is 12.3. The van der Waals surface area contributed by atoms with E-state index in [1.54, 1.807) is 19.0 Å². The van der Waals surface area contributed by atoms with Crippen LogP contribution in [0.4, 0.5) is 5.69 Å². The summed E-state index contributed by atoms with van der Waals surface area (Å²) in [6, 6.07) is 10.4. The summed E-state index contributed by atoms with van der Waals surface area (Å²) in [7, 11) is 7.59. The number of likely N-dealkylation sites (N-methyl/N-ethyl adjacent to an activating group) is 2. The van der Waals surface area contributed by atoms with Gasteiger partial charge in [-0.25, -0.2) is 4.99 Å². The third kappa shape index (κ3) is 9.17. The van der Waals surface area contributed by atoms with E-state index in [0.717, 1.165) is 44.5 Å². The van der Waals surface area contributed by atoms with Crippen molar-refractivity contribution in [3.05, 3.63) is 30.3 Å². The highest BCUT2D eigenvalue weighted by Gasteiger charge is 2.21. The van der Waals surface area contributed by atoms with Crippen molar-refractivity contribution < 1.29 is 9.53 Å². The molecule has 1 N–H and O–H groups in total. The number of anilines is 1. The van der Waals surface area contributed by atoms with Gasteiger partial charge in [0, 0.05) is 60.1 Å². The minimum absolute atomic E-state index is 0.00788. The molecule has 1 aromatic carbocycles. The van der Waals surface area contributed by atoms with Gasteiger partial charge >= 0.3 is 0 Å². The Kier molecular flexibility index (Phi) is 9.77. The number of carbonyl (C=O) groups excluding carboxylic acids is 1. The summed E-state index contributed by atoms with van der Waals surface area (Å²) in [6.45, 7) is 4.16. The highest BCUT2D eigenvalue weighted by Crippen LogP contribution is 2.28. The van der Waals surface area contributed by atoms with E-state index >= 15 is 0 Å². The molecule has 0 bridgehead atoms. The Balaban J connectivity index is 1.77. The molecule has 0 spiro atoms. The fourth-order valence-electron chi connectivity index (χ4n) is 2.77. The summed E-state index contributed by atoms with van der Waals surface area (Å²) in [5, 5.41) is 3.41. The highest BCUT2D eigenvalue weighted by molar-refractivity contribution is 5.84. The average Bonchev–Trinajstić information content (AvgIpc) is 3.55. The quantitative estimate of drug-likeness (QED) is 0.328. The fraction of sp³-hybridized carbons (Fsp3) is 0.636. The summed E-state index contributed by atoms with van der Waals surface area (Å²) in [4.78, 5) is 22.3. The first-order valence-electron chi connectivity index (χ1n) is 10.5. The van der Waals surface area contributed by atoms with Gasteiger partial charge < -0.3 is 24.8 Å². The minimum Gasteiger partial charge on any atom is -0.379 e. The predicted molar refractivity (Wildman–Crippen MR) is 120 cm³/mol. The number of aliphatic imine (C=N–C) groups is 1. The van der Waals surface area contributed by atoms with Crippen LogP contribution in [-0.4, -0.2) is 89.3 Å². The number of amides is 1. The molecular weight excluding hydrogens is 366 g/mol. The van der Waals surface area contributed by atoms with Crippen molar-refractivity contribution in [2.24, 2.45) is 10.9 Å². The fourth-order valence-corrected chi connectivity index (χ4v) is 2.77. The topological polar surface area (TPSA) is 60.4 Å². The molecule has 0 heterocycles. The number of guanidine groups is 1. The predicted octanol–water partition coefficient (Wildman–Crippen LogP) is 1.91. The molecule has 7 nitrogen and oxygen atoms in total. The average molecular weight is 404 g/mol. The Labute approximate surface area is 175 Å². The maximum absolute atomic E-state index is 11.9. The molecule has 0 unspecified atom stereocenters. The molecule has 2 rings (SSSR count). The van der Waals surface area contributed by atoms with Crippen LogP contribution < -0.4 is 10.2 Å². The van der Waals surface area contributed by atoms with Crippen LogP contribution in [0, 0.1) is 5.92 Å². The number of carbonyl (C=O) groups is 1. The monoisotopic (exact) mass is 403 g/mol. The summed E-state index contributed by atoms with van der Waals surface area (Å²) in [5.41, 5.74) is 1.21. The van der Waals surface area contributed by atoms with Crippen LogP contribution in [0.25, 0.3) is 0 Å². The molecule has 0 atom stereocenters. The van der Waals surface area contributed by atoms with Gasteiger partial charge in [0.2, 0.25) is 5.91 Å². The lowest BCUT2D eigenvalue weighted by Crippen LogP contribution is -2.42. The van der Waals surface area contributed by atoms with Crippen LogP contribution in [-0.2, 0) is 9.53 Å². The number of rotatable bonds is 12. The zero-order chi connectivity index (χ0) is 21.1. The smallest absolute Gasteiger partial charge is 0.243 e. The molecule has 29 heavy (non-hydrogen) atoms. The molecule has 0 radical (unpaired) electrons. The minimum atomic E-state index is -0.00788. The molecule has 1 saturated carbocycles. The van der Waals surface area contributed by atoms with Crippen molar-refractivity contribution in [2.75, 3.05) is 72.5 Å².